The van der Waals surface area contributed by atoms with Crippen LogP contribution in [0.25, 0.3) is 0 Å². The minimum Gasteiger partial charge on any atom is -0.478 e. The monoisotopic (exact) mass is 292 g/mol. The second kappa shape index (κ2) is 6.43. The molecule has 0 radical (unpaired) electrons. The third kappa shape index (κ3) is 3.94. The number of aryl methyl sites for hydroxylation is 1. The number of carbonyl (C=O) groups is 1. The molecule has 0 atom stereocenters. The smallest absolute Gasteiger partial charge is 0.337 e. The van der Waals surface area contributed by atoms with Crippen LogP contribution in [0.15, 0.2) is 12.1 Å². The van der Waals surface area contributed by atoms with Crippen molar-refractivity contribution in [3.8, 4) is 0 Å². The highest BCUT2D eigenvalue weighted by Crippen LogP contribution is 2.33. The predicted octanol–water partition coefficient (Wildman–Crippen LogP) is 2.83. The summed E-state index contributed by atoms with van der Waals surface area (Å²) < 4.78 is 0. The van der Waals surface area contributed by atoms with Gasteiger partial charge in [-0.3, -0.25) is 0 Å². The Morgan fingerprint density at radius 3 is 2.62 bits per heavy atom. The minimum absolute atomic E-state index is 0.211. The number of hydrogen-bond donors (Lipinski definition) is 3. The highest BCUT2D eigenvalue weighted by molar-refractivity contribution is 5.89. The maximum atomic E-state index is 10.9. The van der Waals surface area contributed by atoms with Crippen molar-refractivity contribution in [2.45, 2.75) is 51.6 Å². The molecule has 0 unspecified atom stereocenters. The Kier molecular flexibility index (Phi) is 4.83. The number of rotatable bonds is 5. The number of hydrogen-bond acceptors (Lipinski definition) is 4. The van der Waals surface area contributed by atoms with E-state index in [1.54, 1.807) is 19.1 Å². The molecule has 5 heteroatoms. The zero-order valence-corrected chi connectivity index (χ0v) is 12.7. The molecule has 0 spiro atoms. The zero-order valence-electron chi connectivity index (χ0n) is 12.7. The van der Waals surface area contributed by atoms with Crippen LogP contribution in [0.4, 0.5) is 5.82 Å². The summed E-state index contributed by atoms with van der Waals surface area (Å²) in [5.74, 6) is 0.382. The van der Waals surface area contributed by atoms with Gasteiger partial charge in [0.2, 0.25) is 0 Å². The summed E-state index contributed by atoms with van der Waals surface area (Å²) >= 11 is 0. The number of nitrogens with one attached hydrogen (secondary N) is 1. The first-order valence-corrected chi connectivity index (χ1v) is 7.61. The van der Waals surface area contributed by atoms with Gasteiger partial charge in [0.1, 0.15) is 5.82 Å². The Bertz CT molecular complexity index is 508. The fraction of sp³-hybridized carbons (Fsp3) is 0.625. The molecule has 1 saturated carbocycles. The number of aromatic nitrogens is 1. The van der Waals surface area contributed by atoms with E-state index in [4.69, 9.17) is 5.11 Å². The van der Waals surface area contributed by atoms with Gasteiger partial charge in [0.05, 0.1) is 16.9 Å². The van der Waals surface area contributed by atoms with Crippen molar-refractivity contribution in [3.63, 3.8) is 0 Å². The van der Waals surface area contributed by atoms with Crippen molar-refractivity contribution in [2.75, 3.05) is 11.9 Å². The molecule has 1 aromatic rings. The Morgan fingerprint density at radius 1 is 1.43 bits per heavy atom. The van der Waals surface area contributed by atoms with Crippen LogP contribution in [-0.2, 0) is 0 Å². The normalized spacial score (nSPS) is 25.6. The molecule has 0 aliphatic heterocycles. The molecule has 21 heavy (non-hydrogen) atoms. The molecule has 1 aliphatic rings. The van der Waals surface area contributed by atoms with E-state index < -0.39 is 11.6 Å². The largest absolute Gasteiger partial charge is 0.478 e. The quantitative estimate of drug-likeness (QED) is 0.777. The first kappa shape index (κ1) is 15.8. The Labute approximate surface area is 125 Å². The van der Waals surface area contributed by atoms with E-state index >= 15 is 0 Å². The van der Waals surface area contributed by atoms with Crippen LogP contribution in [0, 0.1) is 12.8 Å². The average Bonchev–Trinajstić information content (AvgIpc) is 2.46. The molecule has 1 heterocycles. The van der Waals surface area contributed by atoms with Gasteiger partial charge in [0, 0.05) is 6.54 Å². The first-order valence-electron chi connectivity index (χ1n) is 7.61. The van der Waals surface area contributed by atoms with Crippen molar-refractivity contribution in [1.82, 2.24) is 4.98 Å². The molecule has 5 nitrogen and oxygen atoms in total. The third-order valence-corrected chi connectivity index (χ3v) is 4.53. The van der Waals surface area contributed by atoms with Crippen LogP contribution < -0.4 is 5.32 Å². The number of pyridine rings is 1. The van der Waals surface area contributed by atoms with E-state index in [1.165, 1.54) is 6.42 Å². The van der Waals surface area contributed by atoms with Crippen molar-refractivity contribution in [3.05, 3.63) is 23.4 Å². The summed E-state index contributed by atoms with van der Waals surface area (Å²) in [5, 5.41) is 22.7. The lowest BCUT2D eigenvalue weighted by Gasteiger charge is -2.36. The van der Waals surface area contributed by atoms with Crippen LogP contribution in [-0.4, -0.2) is 33.3 Å². The molecule has 116 valence electrons. The summed E-state index contributed by atoms with van der Waals surface area (Å²) in [7, 11) is 0. The van der Waals surface area contributed by atoms with Crippen LogP contribution in [0.1, 0.15) is 55.1 Å². The zero-order chi connectivity index (χ0) is 15.5. The SMILES string of the molecule is CCC1CCC(O)(CNc2ccc(C(=O)O)c(C)n2)CC1. The lowest BCUT2D eigenvalue weighted by Crippen LogP contribution is -2.40. The summed E-state index contributed by atoms with van der Waals surface area (Å²) in [6, 6.07) is 3.20. The molecule has 3 N–H and O–H groups in total. The van der Waals surface area contributed by atoms with Crippen LogP contribution in [0.3, 0.4) is 0 Å². The minimum atomic E-state index is -0.969. The summed E-state index contributed by atoms with van der Waals surface area (Å²) in [5.41, 5.74) is 0.0177. The number of carboxylic acids is 1. The lowest BCUT2D eigenvalue weighted by molar-refractivity contribution is 0.00222. The molecule has 1 fully saturated rings. The lowest BCUT2D eigenvalue weighted by atomic mass is 9.78. The molecule has 0 aromatic carbocycles. The molecule has 0 amide bonds. The van der Waals surface area contributed by atoms with Gasteiger partial charge in [-0.1, -0.05) is 13.3 Å². The van der Waals surface area contributed by atoms with E-state index in [1.807, 2.05) is 0 Å². The Morgan fingerprint density at radius 2 is 2.10 bits per heavy atom. The summed E-state index contributed by atoms with van der Waals surface area (Å²) in [6.07, 6.45) is 4.94. The van der Waals surface area contributed by atoms with Crippen LogP contribution >= 0.6 is 0 Å². The average molecular weight is 292 g/mol. The molecular weight excluding hydrogens is 268 g/mol. The second-order valence-corrected chi connectivity index (χ2v) is 6.06. The third-order valence-electron chi connectivity index (χ3n) is 4.53. The highest BCUT2D eigenvalue weighted by Gasteiger charge is 2.32. The van der Waals surface area contributed by atoms with Gasteiger partial charge in [0.15, 0.2) is 0 Å². The van der Waals surface area contributed by atoms with Gasteiger partial charge in [-0.15, -0.1) is 0 Å². The Balaban J connectivity index is 1.94. The van der Waals surface area contributed by atoms with E-state index in [0.29, 0.717) is 18.1 Å². The molecule has 0 saturated heterocycles. The van der Waals surface area contributed by atoms with Crippen molar-refractivity contribution in [1.29, 1.82) is 0 Å². The highest BCUT2D eigenvalue weighted by atomic mass is 16.4. The van der Waals surface area contributed by atoms with Crippen LogP contribution in [0.5, 0.6) is 0 Å². The number of nitrogens with zero attached hydrogens (tertiary/aromatic N) is 1. The number of aromatic carboxylic acids is 1. The standard InChI is InChI=1S/C16H24N2O3/c1-3-12-6-8-16(21,9-7-12)10-17-14-5-4-13(15(19)20)11(2)18-14/h4-5,12,21H,3,6-10H2,1-2H3,(H,17,18)(H,19,20). The molecule has 1 aliphatic carbocycles. The number of carboxylic acid groups (broad SMARTS) is 1. The maximum Gasteiger partial charge on any atom is 0.337 e. The van der Waals surface area contributed by atoms with Crippen LogP contribution in [0.2, 0.25) is 0 Å². The van der Waals surface area contributed by atoms with Crippen molar-refractivity contribution >= 4 is 11.8 Å². The number of anilines is 1. The van der Waals surface area contributed by atoms with E-state index in [9.17, 15) is 9.90 Å². The second-order valence-electron chi connectivity index (χ2n) is 6.06. The van der Waals surface area contributed by atoms with Gasteiger partial charge in [-0.2, -0.15) is 0 Å². The molecule has 0 bridgehead atoms. The van der Waals surface area contributed by atoms with E-state index in [-0.39, 0.29) is 5.56 Å². The van der Waals surface area contributed by atoms with Gasteiger partial charge in [-0.25, -0.2) is 9.78 Å². The van der Waals surface area contributed by atoms with E-state index in [2.05, 4.69) is 17.2 Å². The number of aliphatic hydroxyl groups is 1. The molecule has 2 rings (SSSR count). The summed E-state index contributed by atoms with van der Waals surface area (Å²) in [4.78, 5) is 15.2. The fourth-order valence-electron chi connectivity index (χ4n) is 2.94. The van der Waals surface area contributed by atoms with Crippen molar-refractivity contribution < 1.29 is 15.0 Å². The van der Waals surface area contributed by atoms with Gasteiger partial charge < -0.3 is 15.5 Å². The topological polar surface area (TPSA) is 82.5 Å². The molecular formula is C16H24N2O3. The maximum absolute atomic E-state index is 10.9. The summed E-state index contributed by atoms with van der Waals surface area (Å²) in [6.45, 7) is 4.34. The molecule has 1 aromatic heterocycles. The van der Waals surface area contributed by atoms with Gasteiger partial charge in [-0.05, 0) is 50.7 Å². The van der Waals surface area contributed by atoms with Crippen molar-refractivity contribution in [2.24, 2.45) is 5.92 Å². The predicted molar refractivity (Wildman–Crippen MR) is 81.6 cm³/mol. The Hall–Kier alpha value is -1.62. The van der Waals surface area contributed by atoms with E-state index in [0.717, 1.165) is 31.6 Å². The first-order chi connectivity index (χ1) is 9.93. The van der Waals surface area contributed by atoms with Gasteiger partial charge >= 0.3 is 5.97 Å². The van der Waals surface area contributed by atoms with Gasteiger partial charge in [0.25, 0.3) is 0 Å². The fourth-order valence-corrected chi connectivity index (χ4v) is 2.94.